The zero-order valence-corrected chi connectivity index (χ0v) is 11.3. The normalized spacial score (nSPS) is 33.6. The van der Waals surface area contributed by atoms with Crippen LogP contribution in [-0.4, -0.2) is 49.6 Å². The van der Waals surface area contributed by atoms with Crippen molar-refractivity contribution in [2.75, 3.05) is 26.7 Å². The highest BCUT2D eigenvalue weighted by Crippen LogP contribution is 2.27. The summed E-state index contributed by atoms with van der Waals surface area (Å²) in [4.78, 5) is 14.4. The molecule has 0 saturated carbocycles. The molecule has 2 atom stereocenters. The monoisotopic (exact) mass is 239 g/mol. The molecule has 0 bridgehead atoms. The van der Waals surface area contributed by atoms with Crippen molar-refractivity contribution in [3.8, 4) is 0 Å². The molecule has 0 aromatic heterocycles. The molecule has 2 rings (SSSR count). The summed E-state index contributed by atoms with van der Waals surface area (Å²) in [5.41, 5.74) is 0.255. The molecule has 0 aliphatic carbocycles. The second-order valence-electron chi connectivity index (χ2n) is 6.41. The van der Waals surface area contributed by atoms with Gasteiger partial charge < -0.3 is 15.5 Å². The summed E-state index contributed by atoms with van der Waals surface area (Å²) in [6.07, 6.45) is 3.25. The highest BCUT2D eigenvalue weighted by Gasteiger charge is 2.35. The second-order valence-corrected chi connectivity index (χ2v) is 6.41. The van der Waals surface area contributed by atoms with Crippen LogP contribution < -0.4 is 10.6 Å². The van der Waals surface area contributed by atoms with E-state index in [9.17, 15) is 4.79 Å². The maximum atomic E-state index is 12.1. The van der Waals surface area contributed by atoms with Gasteiger partial charge in [-0.1, -0.05) is 13.8 Å². The summed E-state index contributed by atoms with van der Waals surface area (Å²) >= 11 is 0. The quantitative estimate of drug-likeness (QED) is 0.741. The van der Waals surface area contributed by atoms with Crippen LogP contribution in [-0.2, 0) is 4.79 Å². The van der Waals surface area contributed by atoms with Crippen LogP contribution >= 0.6 is 0 Å². The van der Waals surface area contributed by atoms with E-state index in [0.717, 1.165) is 32.5 Å². The van der Waals surface area contributed by atoms with Gasteiger partial charge in [-0.15, -0.1) is 0 Å². The van der Waals surface area contributed by atoms with Crippen LogP contribution in [0, 0.1) is 5.41 Å². The van der Waals surface area contributed by atoms with Gasteiger partial charge in [0.1, 0.15) is 0 Å². The number of amides is 1. The van der Waals surface area contributed by atoms with Gasteiger partial charge in [0.05, 0.1) is 6.04 Å². The first kappa shape index (κ1) is 12.8. The summed E-state index contributed by atoms with van der Waals surface area (Å²) in [5, 5.41) is 6.51. The fourth-order valence-corrected chi connectivity index (χ4v) is 2.87. The van der Waals surface area contributed by atoms with Crippen molar-refractivity contribution >= 4 is 5.91 Å². The van der Waals surface area contributed by atoms with Gasteiger partial charge in [0, 0.05) is 19.1 Å². The Kier molecular flexibility index (Phi) is 3.73. The van der Waals surface area contributed by atoms with Crippen molar-refractivity contribution in [3.05, 3.63) is 0 Å². The Balaban J connectivity index is 1.81. The van der Waals surface area contributed by atoms with Crippen LogP contribution in [0.15, 0.2) is 0 Å². The number of hydrogen-bond acceptors (Lipinski definition) is 3. The first-order valence-electron chi connectivity index (χ1n) is 6.69. The fourth-order valence-electron chi connectivity index (χ4n) is 2.87. The van der Waals surface area contributed by atoms with Crippen LogP contribution in [0.4, 0.5) is 0 Å². The molecule has 2 aliphatic heterocycles. The second kappa shape index (κ2) is 4.94. The molecule has 2 fully saturated rings. The van der Waals surface area contributed by atoms with Crippen LogP contribution in [0.3, 0.4) is 0 Å². The Morgan fingerprint density at radius 2 is 2.24 bits per heavy atom. The molecule has 17 heavy (non-hydrogen) atoms. The molecule has 2 saturated heterocycles. The standard InChI is InChI=1S/C13H25N3O/c1-13(2)7-11(14-9-13)12(17)15-10-5-4-6-16(3)8-10/h10-11,14H,4-9H2,1-3H3,(H,15,17)/t10-,11?/m1/s1. The predicted molar refractivity (Wildman–Crippen MR) is 68.9 cm³/mol. The average Bonchev–Trinajstić information content (AvgIpc) is 2.59. The molecule has 0 radical (unpaired) electrons. The third kappa shape index (κ3) is 3.42. The third-order valence-corrected chi connectivity index (χ3v) is 3.87. The molecule has 1 amide bonds. The zero-order chi connectivity index (χ0) is 12.5. The number of rotatable bonds is 2. The summed E-state index contributed by atoms with van der Waals surface area (Å²) in [6, 6.07) is 0.351. The van der Waals surface area contributed by atoms with Gasteiger partial charge in [-0.3, -0.25) is 4.79 Å². The molecule has 2 N–H and O–H groups in total. The molecule has 2 heterocycles. The molecule has 0 aromatic carbocycles. The van der Waals surface area contributed by atoms with Crippen molar-refractivity contribution in [2.24, 2.45) is 5.41 Å². The zero-order valence-electron chi connectivity index (χ0n) is 11.3. The van der Waals surface area contributed by atoms with E-state index in [4.69, 9.17) is 0 Å². The van der Waals surface area contributed by atoms with Crippen LogP contribution in [0.1, 0.15) is 33.1 Å². The van der Waals surface area contributed by atoms with E-state index in [1.165, 1.54) is 6.42 Å². The lowest BCUT2D eigenvalue weighted by Gasteiger charge is -2.31. The van der Waals surface area contributed by atoms with Crippen molar-refractivity contribution in [3.63, 3.8) is 0 Å². The summed E-state index contributed by atoms with van der Waals surface area (Å²) in [5.74, 6) is 0.191. The lowest BCUT2D eigenvalue weighted by Crippen LogP contribution is -2.50. The van der Waals surface area contributed by atoms with Crippen LogP contribution in [0.2, 0.25) is 0 Å². The van der Waals surface area contributed by atoms with Gasteiger partial charge in [-0.2, -0.15) is 0 Å². The number of carbonyl (C=O) groups is 1. The van der Waals surface area contributed by atoms with Crippen molar-refractivity contribution in [1.29, 1.82) is 0 Å². The SMILES string of the molecule is CN1CCC[C@@H](NC(=O)C2CC(C)(C)CN2)C1. The van der Waals surface area contributed by atoms with E-state index in [1.54, 1.807) is 0 Å². The number of nitrogens with one attached hydrogen (secondary N) is 2. The highest BCUT2D eigenvalue weighted by atomic mass is 16.2. The number of nitrogens with zero attached hydrogens (tertiary/aromatic N) is 1. The topological polar surface area (TPSA) is 44.4 Å². The predicted octanol–water partition coefficient (Wildman–Crippen LogP) is 0.585. The largest absolute Gasteiger partial charge is 0.351 e. The minimum Gasteiger partial charge on any atom is -0.351 e. The number of likely N-dealkylation sites (N-methyl/N-ethyl adjacent to an activating group) is 1. The Morgan fingerprint density at radius 3 is 2.82 bits per heavy atom. The minimum absolute atomic E-state index is 0.0113. The van der Waals surface area contributed by atoms with Gasteiger partial charge in [0.15, 0.2) is 0 Å². The Hall–Kier alpha value is -0.610. The van der Waals surface area contributed by atoms with Crippen molar-refractivity contribution in [2.45, 2.75) is 45.2 Å². The van der Waals surface area contributed by atoms with E-state index in [-0.39, 0.29) is 17.4 Å². The van der Waals surface area contributed by atoms with Crippen molar-refractivity contribution in [1.82, 2.24) is 15.5 Å². The number of hydrogen-bond donors (Lipinski definition) is 2. The molecular formula is C13H25N3O. The summed E-state index contributed by atoms with van der Waals surface area (Å²) in [6.45, 7) is 7.50. The highest BCUT2D eigenvalue weighted by molar-refractivity contribution is 5.82. The first-order chi connectivity index (χ1) is 7.96. The minimum atomic E-state index is 0.0113. The smallest absolute Gasteiger partial charge is 0.237 e. The molecule has 0 aromatic rings. The maximum absolute atomic E-state index is 12.1. The van der Waals surface area contributed by atoms with Gasteiger partial charge in [0.25, 0.3) is 0 Å². The molecular weight excluding hydrogens is 214 g/mol. The Bertz CT molecular complexity index is 290. The van der Waals surface area contributed by atoms with Crippen molar-refractivity contribution < 1.29 is 4.79 Å². The lowest BCUT2D eigenvalue weighted by atomic mass is 9.90. The molecule has 98 valence electrons. The van der Waals surface area contributed by atoms with Gasteiger partial charge in [0.2, 0.25) is 5.91 Å². The van der Waals surface area contributed by atoms with Crippen LogP contribution in [0.25, 0.3) is 0 Å². The summed E-state index contributed by atoms with van der Waals surface area (Å²) in [7, 11) is 2.12. The van der Waals surface area contributed by atoms with E-state index in [2.05, 4.69) is 36.4 Å². The van der Waals surface area contributed by atoms with Gasteiger partial charge >= 0.3 is 0 Å². The third-order valence-electron chi connectivity index (χ3n) is 3.87. The summed E-state index contributed by atoms with van der Waals surface area (Å²) < 4.78 is 0. The number of carbonyl (C=O) groups excluding carboxylic acids is 1. The lowest BCUT2D eigenvalue weighted by molar-refractivity contribution is -0.124. The van der Waals surface area contributed by atoms with E-state index in [0.29, 0.717) is 6.04 Å². The average molecular weight is 239 g/mol. The van der Waals surface area contributed by atoms with E-state index < -0.39 is 0 Å². The van der Waals surface area contributed by atoms with Crippen LogP contribution in [0.5, 0.6) is 0 Å². The number of likely N-dealkylation sites (tertiary alicyclic amines) is 1. The maximum Gasteiger partial charge on any atom is 0.237 e. The van der Waals surface area contributed by atoms with Gasteiger partial charge in [-0.05, 0) is 38.3 Å². The fraction of sp³-hybridized carbons (Fsp3) is 0.923. The molecule has 4 heteroatoms. The molecule has 0 spiro atoms. The van der Waals surface area contributed by atoms with E-state index >= 15 is 0 Å². The Labute approximate surface area is 104 Å². The van der Waals surface area contributed by atoms with Gasteiger partial charge in [-0.25, -0.2) is 0 Å². The molecule has 2 aliphatic rings. The Morgan fingerprint density at radius 1 is 1.47 bits per heavy atom. The number of piperidine rings is 1. The molecule has 4 nitrogen and oxygen atoms in total. The first-order valence-corrected chi connectivity index (χ1v) is 6.69. The molecule has 1 unspecified atom stereocenters. The van der Waals surface area contributed by atoms with E-state index in [1.807, 2.05) is 0 Å².